The zero-order valence-corrected chi connectivity index (χ0v) is 17.7. The van der Waals surface area contributed by atoms with Gasteiger partial charge in [0.25, 0.3) is 6.43 Å². The molecule has 5 nitrogen and oxygen atoms in total. The van der Waals surface area contributed by atoms with Crippen LogP contribution in [0.4, 0.5) is 19.0 Å². The maximum atomic E-state index is 14.6. The van der Waals surface area contributed by atoms with E-state index in [2.05, 4.69) is 38.3 Å². The summed E-state index contributed by atoms with van der Waals surface area (Å²) in [7, 11) is 2.08. The lowest BCUT2D eigenvalue weighted by molar-refractivity contribution is 0.146. The normalized spacial score (nSPS) is 15.9. The lowest BCUT2D eigenvalue weighted by Crippen LogP contribution is -2.23. The van der Waals surface area contributed by atoms with Crippen LogP contribution in [0.25, 0.3) is 16.6 Å². The first-order valence-corrected chi connectivity index (χ1v) is 10.2. The van der Waals surface area contributed by atoms with Crippen molar-refractivity contribution in [1.82, 2.24) is 19.9 Å². The Morgan fingerprint density at radius 3 is 2.65 bits per heavy atom. The van der Waals surface area contributed by atoms with Crippen molar-refractivity contribution < 1.29 is 13.2 Å². The minimum absolute atomic E-state index is 0.157. The summed E-state index contributed by atoms with van der Waals surface area (Å²) < 4.78 is 40.8. The molecular weight excluding hydrogens is 403 g/mol. The highest BCUT2D eigenvalue weighted by atomic mass is 19.3. The minimum Gasteiger partial charge on any atom is -0.363 e. The summed E-state index contributed by atoms with van der Waals surface area (Å²) in [4.78, 5) is 15.6. The van der Waals surface area contributed by atoms with E-state index >= 15 is 0 Å². The molecule has 0 radical (unpaired) electrons. The Morgan fingerprint density at radius 1 is 1.16 bits per heavy atom. The molecule has 0 spiro atoms. The fourth-order valence-electron chi connectivity index (χ4n) is 3.79. The lowest BCUT2D eigenvalue weighted by atomic mass is 10.00. The zero-order valence-electron chi connectivity index (χ0n) is 17.7. The minimum atomic E-state index is -2.87. The Morgan fingerprint density at radius 2 is 1.94 bits per heavy atom. The zero-order chi connectivity index (χ0) is 22.1. The first-order valence-electron chi connectivity index (χ1n) is 10.2. The van der Waals surface area contributed by atoms with Crippen LogP contribution < -0.4 is 5.32 Å². The third-order valence-electron chi connectivity index (χ3n) is 5.56. The van der Waals surface area contributed by atoms with Crippen LogP contribution in [0.15, 0.2) is 36.5 Å². The van der Waals surface area contributed by atoms with Crippen LogP contribution in [0.2, 0.25) is 0 Å². The van der Waals surface area contributed by atoms with Gasteiger partial charge in [-0.3, -0.25) is 0 Å². The van der Waals surface area contributed by atoms with E-state index in [1.165, 1.54) is 17.7 Å². The summed E-state index contributed by atoms with van der Waals surface area (Å²) >= 11 is 0. The molecule has 0 bridgehead atoms. The molecule has 1 N–H and O–H groups in total. The lowest BCUT2D eigenvalue weighted by Gasteiger charge is -2.22. The number of hydrogen-bond acceptors (Lipinski definition) is 5. The number of halogens is 3. The first-order chi connectivity index (χ1) is 14.8. The van der Waals surface area contributed by atoms with Crippen molar-refractivity contribution in [3.05, 3.63) is 64.9 Å². The number of benzene rings is 1. The number of fused-ring (bicyclic) bond motifs is 1. The molecule has 0 aliphatic carbocycles. The number of pyridine rings is 1. The topological polar surface area (TPSA) is 53.9 Å². The number of likely N-dealkylation sites (N-methyl/N-ethyl adjacent to an activating group) is 1. The highest BCUT2D eigenvalue weighted by Crippen LogP contribution is 2.31. The number of hydrogen-bond donors (Lipinski definition) is 1. The number of aromatic nitrogens is 3. The molecule has 3 aromatic rings. The van der Waals surface area contributed by atoms with E-state index in [1.807, 2.05) is 12.3 Å². The maximum absolute atomic E-state index is 14.6. The third kappa shape index (κ3) is 4.39. The fourth-order valence-corrected chi connectivity index (χ4v) is 3.79. The monoisotopic (exact) mass is 427 g/mol. The molecule has 1 aliphatic rings. The Labute approximate surface area is 179 Å². The van der Waals surface area contributed by atoms with Crippen molar-refractivity contribution in [3.63, 3.8) is 0 Å². The summed E-state index contributed by atoms with van der Waals surface area (Å²) in [5, 5.41) is 3.89. The summed E-state index contributed by atoms with van der Waals surface area (Å²) in [6, 6.07) is 5.45. The summed E-state index contributed by atoms with van der Waals surface area (Å²) in [5.41, 5.74) is 2.29. The molecule has 31 heavy (non-hydrogen) atoms. The average Bonchev–Trinajstić information content (AvgIpc) is 2.74. The van der Waals surface area contributed by atoms with Crippen molar-refractivity contribution in [2.24, 2.45) is 0 Å². The number of aryl methyl sites for hydroxylation is 1. The maximum Gasteiger partial charge on any atom is 0.266 e. The van der Waals surface area contributed by atoms with Gasteiger partial charge in [0.15, 0.2) is 5.65 Å². The number of rotatable bonds is 5. The number of alkyl halides is 2. The van der Waals surface area contributed by atoms with Crippen LogP contribution in [-0.2, 0) is 0 Å². The highest BCUT2D eigenvalue weighted by Gasteiger charge is 2.21. The van der Waals surface area contributed by atoms with Crippen LogP contribution in [0.1, 0.15) is 48.3 Å². The molecule has 1 atom stereocenters. The van der Waals surface area contributed by atoms with Crippen LogP contribution in [0.5, 0.6) is 0 Å². The Hall–Kier alpha value is -3.00. The molecule has 2 aromatic heterocycles. The summed E-state index contributed by atoms with van der Waals surface area (Å²) in [6.07, 6.45) is 2.04. The molecule has 1 aliphatic heterocycles. The van der Waals surface area contributed by atoms with Gasteiger partial charge in [-0.15, -0.1) is 0 Å². The van der Waals surface area contributed by atoms with Crippen LogP contribution in [0.3, 0.4) is 0 Å². The highest BCUT2D eigenvalue weighted by molar-refractivity contribution is 5.89. The molecule has 162 valence electrons. The SMILES string of the molecule is Cc1nc(N[C@H](C)c2cccc(C(F)F)c2F)c2cc(C3=CCN(C)CC3)cnc2n1. The van der Waals surface area contributed by atoms with Gasteiger partial charge in [0.2, 0.25) is 0 Å². The predicted octanol–water partition coefficient (Wildman–Crippen LogP) is 5.30. The molecule has 0 saturated carbocycles. The van der Waals surface area contributed by atoms with Gasteiger partial charge in [-0.1, -0.05) is 24.3 Å². The summed E-state index contributed by atoms with van der Waals surface area (Å²) in [5.74, 6) is 0.116. The van der Waals surface area contributed by atoms with Crippen molar-refractivity contribution in [2.45, 2.75) is 32.7 Å². The Bertz CT molecular complexity index is 1150. The quantitative estimate of drug-likeness (QED) is 0.599. The molecule has 0 saturated heterocycles. The molecule has 8 heteroatoms. The van der Waals surface area contributed by atoms with Gasteiger partial charge in [-0.2, -0.15) is 0 Å². The third-order valence-corrected chi connectivity index (χ3v) is 5.56. The van der Waals surface area contributed by atoms with Gasteiger partial charge in [0, 0.05) is 24.8 Å². The second kappa shape index (κ2) is 8.63. The molecular formula is C23H24F3N5. The average molecular weight is 427 g/mol. The smallest absolute Gasteiger partial charge is 0.266 e. The van der Waals surface area contributed by atoms with E-state index in [-0.39, 0.29) is 5.56 Å². The Kier molecular flexibility index (Phi) is 5.91. The van der Waals surface area contributed by atoms with Crippen molar-refractivity contribution in [1.29, 1.82) is 0 Å². The number of nitrogens with one attached hydrogen (secondary N) is 1. The molecule has 0 unspecified atom stereocenters. The molecule has 4 rings (SSSR count). The van der Waals surface area contributed by atoms with Crippen LogP contribution >= 0.6 is 0 Å². The van der Waals surface area contributed by atoms with Gasteiger partial charge >= 0.3 is 0 Å². The second-order valence-electron chi connectivity index (χ2n) is 7.87. The van der Waals surface area contributed by atoms with Crippen LogP contribution in [0, 0.1) is 12.7 Å². The van der Waals surface area contributed by atoms with Crippen molar-refractivity contribution >= 4 is 22.4 Å². The van der Waals surface area contributed by atoms with E-state index < -0.39 is 23.8 Å². The molecule has 1 aromatic carbocycles. The van der Waals surface area contributed by atoms with E-state index in [9.17, 15) is 13.2 Å². The predicted molar refractivity (Wildman–Crippen MR) is 116 cm³/mol. The fraction of sp³-hybridized carbons (Fsp3) is 0.348. The molecule has 3 heterocycles. The van der Waals surface area contributed by atoms with E-state index in [0.717, 1.165) is 31.1 Å². The van der Waals surface area contributed by atoms with E-state index in [4.69, 9.17) is 0 Å². The molecule has 0 fully saturated rings. The number of nitrogens with zero attached hydrogens (tertiary/aromatic N) is 4. The van der Waals surface area contributed by atoms with Gasteiger partial charge in [0.1, 0.15) is 17.5 Å². The van der Waals surface area contributed by atoms with Gasteiger partial charge in [0.05, 0.1) is 17.0 Å². The van der Waals surface area contributed by atoms with E-state index in [0.29, 0.717) is 22.7 Å². The summed E-state index contributed by atoms with van der Waals surface area (Å²) in [6.45, 7) is 5.31. The van der Waals surface area contributed by atoms with Gasteiger partial charge < -0.3 is 10.2 Å². The van der Waals surface area contributed by atoms with Crippen molar-refractivity contribution in [2.75, 3.05) is 25.5 Å². The standard InChI is InChI=1S/C23H24F3N5/c1-13(17-5-4-6-18(20(17)24)21(25)26)28-23-19-11-16(15-7-9-31(3)10-8-15)12-27-22(19)29-14(2)30-23/h4-7,11-13,21H,8-10H2,1-3H3,(H,27,28,29,30)/t13-/m1/s1. The Balaban J connectivity index is 1.71. The van der Waals surface area contributed by atoms with Crippen molar-refractivity contribution in [3.8, 4) is 0 Å². The van der Waals surface area contributed by atoms with Crippen LogP contribution in [-0.4, -0.2) is 40.0 Å². The van der Waals surface area contributed by atoms with Gasteiger partial charge in [-0.25, -0.2) is 28.1 Å². The molecule has 0 amide bonds. The second-order valence-corrected chi connectivity index (χ2v) is 7.87. The van der Waals surface area contributed by atoms with Gasteiger partial charge in [-0.05, 0) is 44.5 Å². The first kappa shape index (κ1) is 21.2. The largest absolute Gasteiger partial charge is 0.363 e. The van der Waals surface area contributed by atoms with E-state index in [1.54, 1.807) is 13.8 Å². The number of anilines is 1.